The van der Waals surface area contributed by atoms with Crippen molar-refractivity contribution in [2.45, 2.75) is 79.2 Å². The Morgan fingerprint density at radius 3 is 2.25 bits per heavy atom. The van der Waals surface area contributed by atoms with E-state index in [1.807, 2.05) is 34.6 Å². The van der Waals surface area contributed by atoms with Gasteiger partial charge in [0.25, 0.3) is 0 Å². The van der Waals surface area contributed by atoms with Crippen LogP contribution in [-0.4, -0.2) is 33.9 Å². The smallest absolute Gasteiger partial charge is 0.307 e. The van der Waals surface area contributed by atoms with Crippen LogP contribution in [-0.2, 0) is 14.4 Å². The fourth-order valence-corrected chi connectivity index (χ4v) is 4.68. The van der Waals surface area contributed by atoms with E-state index in [-0.39, 0.29) is 23.7 Å². The van der Waals surface area contributed by atoms with E-state index in [9.17, 15) is 19.5 Å². The van der Waals surface area contributed by atoms with E-state index in [2.05, 4.69) is 15.6 Å². The summed E-state index contributed by atoms with van der Waals surface area (Å²) in [6, 6.07) is 4.39. The number of pyridine rings is 1. The van der Waals surface area contributed by atoms with Gasteiger partial charge in [-0.25, -0.2) is 4.98 Å². The summed E-state index contributed by atoms with van der Waals surface area (Å²) in [5.41, 5.74) is -0.569. The standard InChI is InChI=1S/C25H39N3O4/c1-16(2)15-18(20(24(31)32)17-11-7-6-8-12-17)22(29)28-21(25(3,4)5)23(30)27-19-13-9-10-14-26-19/h9-10,13-14,16-18,20-21H,6-8,11-12,15H2,1-5H3,(H,28,29)(H,31,32)(H,26,27,30)/t18-,20+,21-/m1/s1. The SMILES string of the molecule is CC(C)C[C@@H](C(=O)N[C@H](C(=O)Nc1ccccn1)C(C)(C)C)[C@@H](C(=O)O)C1CCCCC1. The number of aromatic nitrogens is 1. The van der Waals surface area contributed by atoms with E-state index in [1.165, 1.54) is 0 Å². The maximum Gasteiger partial charge on any atom is 0.307 e. The van der Waals surface area contributed by atoms with Crippen molar-refractivity contribution >= 4 is 23.6 Å². The summed E-state index contributed by atoms with van der Waals surface area (Å²) in [6.07, 6.45) is 6.84. The summed E-state index contributed by atoms with van der Waals surface area (Å²) in [7, 11) is 0. The third-order valence-electron chi connectivity index (χ3n) is 6.27. The van der Waals surface area contributed by atoms with E-state index in [0.717, 1.165) is 32.1 Å². The molecule has 3 atom stereocenters. The number of nitrogens with zero attached hydrogens (tertiary/aromatic N) is 1. The van der Waals surface area contributed by atoms with Crippen molar-refractivity contribution in [3.05, 3.63) is 24.4 Å². The van der Waals surface area contributed by atoms with Gasteiger partial charge >= 0.3 is 5.97 Å². The van der Waals surface area contributed by atoms with E-state index < -0.39 is 29.3 Å². The van der Waals surface area contributed by atoms with Gasteiger partial charge in [-0.1, -0.05) is 59.9 Å². The average Bonchev–Trinajstić information content (AvgIpc) is 2.71. The molecule has 0 spiro atoms. The predicted molar refractivity (Wildman–Crippen MR) is 125 cm³/mol. The second kappa shape index (κ2) is 11.4. The molecule has 2 rings (SSSR count). The van der Waals surface area contributed by atoms with Crippen molar-refractivity contribution in [1.82, 2.24) is 10.3 Å². The van der Waals surface area contributed by atoms with Crippen LogP contribution in [0.5, 0.6) is 0 Å². The lowest BCUT2D eigenvalue weighted by molar-refractivity contribution is -0.151. The van der Waals surface area contributed by atoms with E-state index in [4.69, 9.17) is 0 Å². The van der Waals surface area contributed by atoms with Gasteiger partial charge in [0.05, 0.1) is 11.8 Å². The molecule has 7 heteroatoms. The van der Waals surface area contributed by atoms with Crippen molar-refractivity contribution in [3.8, 4) is 0 Å². The predicted octanol–water partition coefficient (Wildman–Crippen LogP) is 4.49. The lowest BCUT2D eigenvalue weighted by Crippen LogP contribution is -2.54. The minimum absolute atomic E-state index is 0.00816. The first kappa shape index (κ1) is 25.8. The van der Waals surface area contributed by atoms with Crippen molar-refractivity contribution < 1.29 is 19.5 Å². The van der Waals surface area contributed by atoms with E-state index in [0.29, 0.717) is 12.2 Å². The summed E-state index contributed by atoms with van der Waals surface area (Å²) in [4.78, 5) is 43.0. The average molecular weight is 446 g/mol. The molecule has 1 fully saturated rings. The molecule has 0 aromatic carbocycles. The molecule has 1 aromatic heterocycles. The third-order valence-corrected chi connectivity index (χ3v) is 6.27. The van der Waals surface area contributed by atoms with E-state index in [1.54, 1.807) is 24.4 Å². The largest absolute Gasteiger partial charge is 0.481 e. The van der Waals surface area contributed by atoms with Crippen LogP contribution in [0, 0.1) is 29.1 Å². The number of aliphatic carboxylic acids is 1. The number of nitrogens with one attached hydrogen (secondary N) is 2. The van der Waals surface area contributed by atoms with Gasteiger partial charge in [-0.2, -0.15) is 0 Å². The lowest BCUT2D eigenvalue weighted by atomic mass is 9.71. The Balaban J connectivity index is 2.27. The molecule has 1 aliphatic carbocycles. The van der Waals surface area contributed by atoms with Gasteiger partial charge in [-0.3, -0.25) is 14.4 Å². The maximum atomic E-state index is 13.5. The monoisotopic (exact) mass is 445 g/mol. The second-order valence-electron chi connectivity index (χ2n) is 10.5. The normalized spacial score (nSPS) is 17.9. The Bertz CT molecular complexity index is 767. The van der Waals surface area contributed by atoms with Crippen LogP contribution < -0.4 is 10.6 Å². The summed E-state index contributed by atoms with van der Waals surface area (Å²) in [5.74, 6) is -2.49. The minimum Gasteiger partial charge on any atom is -0.481 e. The van der Waals surface area contributed by atoms with Crippen LogP contribution in [0.1, 0.15) is 73.1 Å². The van der Waals surface area contributed by atoms with Crippen molar-refractivity contribution in [1.29, 1.82) is 0 Å². The first-order valence-electron chi connectivity index (χ1n) is 11.8. The van der Waals surface area contributed by atoms with Crippen molar-refractivity contribution in [2.75, 3.05) is 5.32 Å². The number of carbonyl (C=O) groups is 3. The molecule has 0 aliphatic heterocycles. The Kier molecular flexibility index (Phi) is 9.22. The van der Waals surface area contributed by atoms with E-state index >= 15 is 0 Å². The highest BCUT2D eigenvalue weighted by molar-refractivity contribution is 5.97. The molecule has 0 bridgehead atoms. The fourth-order valence-electron chi connectivity index (χ4n) is 4.68. The molecule has 178 valence electrons. The van der Waals surface area contributed by atoms with Gasteiger partial charge in [-0.05, 0) is 48.6 Å². The summed E-state index contributed by atoms with van der Waals surface area (Å²) < 4.78 is 0. The molecule has 1 heterocycles. The topological polar surface area (TPSA) is 108 Å². The van der Waals surface area contributed by atoms with Crippen LogP contribution in [0.3, 0.4) is 0 Å². The molecule has 1 aliphatic rings. The lowest BCUT2D eigenvalue weighted by Gasteiger charge is -2.36. The molecular formula is C25H39N3O4. The molecule has 3 N–H and O–H groups in total. The van der Waals surface area contributed by atoms with Crippen LogP contribution in [0.25, 0.3) is 0 Å². The van der Waals surface area contributed by atoms with Crippen LogP contribution in [0.4, 0.5) is 5.82 Å². The van der Waals surface area contributed by atoms with Crippen molar-refractivity contribution in [2.24, 2.45) is 29.1 Å². The minimum atomic E-state index is -0.914. The molecule has 1 aromatic rings. The van der Waals surface area contributed by atoms with Gasteiger partial charge in [0.1, 0.15) is 11.9 Å². The van der Waals surface area contributed by atoms with Gasteiger partial charge < -0.3 is 15.7 Å². The second-order valence-corrected chi connectivity index (χ2v) is 10.5. The number of anilines is 1. The highest BCUT2D eigenvalue weighted by Crippen LogP contribution is 2.37. The number of amides is 2. The molecule has 2 amide bonds. The zero-order valence-electron chi connectivity index (χ0n) is 20.1. The van der Waals surface area contributed by atoms with Crippen LogP contribution in [0.2, 0.25) is 0 Å². The van der Waals surface area contributed by atoms with Crippen LogP contribution >= 0.6 is 0 Å². The molecule has 0 saturated heterocycles. The number of rotatable bonds is 9. The van der Waals surface area contributed by atoms with Crippen molar-refractivity contribution in [3.63, 3.8) is 0 Å². The van der Waals surface area contributed by atoms with Gasteiger partial charge in [0.15, 0.2) is 0 Å². The Hall–Kier alpha value is -2.44. The van der Waals surface area contributed by atoms with Gasteiger partial charge in [0.2, 0.25) is 11.8 Å². The Labute approximate surface area is 191 Å². The quantitative estimate of drug-likeness (QED) is 0.519. The Morgan fingerprint density at radius 2 is 1.75 bits per heavy atom. The highest BCUT2D eigenvalue weighted by atomic mass is 16.4. The first-order valence-corrected chi connectivity index (χ1v) is 11.8. The third kappa shape index (κ3) is 7.31. The molecule has 1 saturated carbocycles. The number of carboxylic acids is 1. The molecule has 0 unspecified atom stereocenters. The molecule has 0 radical (unpaired) electrons. The summed E-state index contributed by atoms with van der Waals surface area (Å²) in [5, 5.41) is 15.8. The molecule has 32 heavy (non-hydrogen) atoms. The van der Waals surface area contributed by atoms with Gasteiger partial charge in [0, 0.05) is 6.20 Å². The Morgan fingerprint density at radius 1 is 1.09 bits per heavy atom. The summed E-state index contributed by atoms with van der Waals surface area (Å²) >= 11 is 0. The maximum absolute atomic E-state index is 13.5. The number of hydrogen-bond acceptors (Lipinski definition) is 4. The fraction of sp³-hybridized carbons (Fsp3) is 0.680. The molecule has 7 nitrogen and oxygen atoms in total. The van der Waals surface area contributed by atoms with Gasteiger partial charge in [-0.15, -0.1) is 0 Å². The zero-order valence-corrected chi connectivity index (χ0v) is 20.1. The zero-order chi connectivity index (χ0) is 23.9. The summed E-state index contributed by atoms with van der Waals surface area (Å²) in [6.45, 7) is 9.62. The highest BCUT2D eigenvalue weighted by Gasteiger charge is 2.42. The molecular weight excluding hydrogens is 406 g/mol. The number of carbonyl (C=O) groups excluding carboxylic acids is 2. The number of carboxylic acid groups (broad SMARTS) is 1. The van der Waals surface area contributed by atoms with Crippen LogP contribution in [0.15, 0.2) is 24.4 Å². The number of hydrogen-bond donors (Lipinski definition) is 3. The first-order chi connectivity index (χ1) is 15.0.